The number of carbonyl (C=O) groups excluding carboxylic acids is 2. The lowest BCUT2D eigenvalue weighted by Crippen LogP contribution is -2.31. The number of rotatable bonds is 7. The molecule has 1 N–H and O–H groups in total. The van der Waals surface area contributed by atoms with Gasteiger partial charge in [-0.1, -0.05) is 19.9 Å². The van der Waals surface area contributed by atoms with Gasteiger partial charge in [-0.15, -0.1) is 0 Å². The van der Waals surface area contributed by atoms with Crippen LogP contribution in [0.1, 0.15) is 25.8 Å². The molecule has 1 aliphatic rings. The largest absolute Gasteiger partial charge is 0.312 e. The molecule has 1 saturated heterocycles. The van der Waals surface area contributed by atoms with E-state index in [-0.39, 0.29) is 29.7 Å². The monoisotopic (exact) mass is 430 g/mol. The fourth-order valence-electron chi connectivity index (χ4n) is 3.48. The number of benzene rings is 1. The van der Waals surface area contributed by atoms with Crippen LogP contribution in [0.2, 0.25) is 0 Å². The standard InChI is InChI=1S/C21H26N4O4S/c1-4-24(5-2)30(28,29)18-10-8-17(9-11-18)25-14-16(13-19(25)26)21(27)23-20-15(3)7-6-12-22-20/h6-12,16H,4-5,13-14H2,1-3H3,(H,22,23,27)/t16-/m1/s1. The van der Waals surface area contributed by atoms with Gasteiger partial charge in [0.25, 0.3) is 0 Å². The molecule has 160 valence electrons. The van der Waals surface area contributed by atoms with Crippen molar-refractivity contribution < 1.29 is 18.0 Å². The van der Waals surface area contributed by atoms with Crippen LogP contribution in [-0.4, -0.2) is 49.2 Å². The number of amides is 2. The third-order valence-electron chi connectivity index (χ3n) is 5.24. The summed E-state index contributed by atoms with van der Waals surface area (Å²) in [7, 11) is -3.56. The SMILES string of the molecule is CCN(CC)S(=O)(=O)c1ccc(N2C[C@H](C(=O)Nc3ncccc3C)CC2=O)cc1. The molecule has 0 unspecified atom stereocenters. The Morgan fingerprint density at radius 1 is 1.20 bits per heavy atom. The van der Waals surface area contributed by atoms with Crippen LogP contribution >= 0.6 is 0 Å². The fourth-order valence-corrected chi connectivity index (χ4v) is 4.94. The van der Waals surface area contributed by atoms with Crippen molar-refractivity contribution in [2.24, 2.45) is 5.92 Å². The molecule has 1 aromatic carbocycles. The van der Waals surface area contributed by atoms with Gasteiger partial charge in [0.15, 0.2) is 0 Å². The minimum Gasteiger partial charge on any atom is -0.312 e. The van der Waals surface area contributed by atoms with E-state index < -0.39 is 15.9 Å². The topological polar surface area (TPSA) is 99.7 Å². The van der Waals surface area contributed by atoms with Crippen molar-refractivity contribution in [1.29, 1.82) is 0 Å². The maximum atomic E-state index is 12.6. The Balaban J connectivity index is 1.72. The number of pyridine rings is 1. The van der Waals surface area contributed by atoms with Crippen LogP contribution in [0.5, 0.6) is 0 Å². The number of hydrogen-bond donors (Lipinski definition) is 1. The maximum absolute atomic E-state index is 12.6. The van der Waals surface area contributed by atoms with Crippen LogP contribution in [0.15, 0.2) is 47.5 Å². The fraction of sp³-hybridized carbons (Fsp3) is 0.381. The number of sulfonamides is 1. The summed E-state index contributed by atoms with van der Waals surface area (Å²) >= 11 is 0. The van der Waals surface area contributed by atoms with E-state index in [0.717, 1.165) is 5.56 Å². The Morgan fingerprint density at radius 3 is 2.47 bits per heavy atom. The maximum Gasteiger partial charge on any atom is 0.243 e. The van der Waals surface area contributed by atoms with Gasteiger partial charge in [-0.2, -0.15) is 4.31 Å². The molecular weight excluding hydrogens is 404 g/mol. The van der Waals surface area contributed by atoms with Crippen LogP contribution < -0.4 is 10.2 Å². The summed E-state index contributed by atoms with van der Waals surface area (Å²) in [6.45, 7) is 6.43. The summed E-state index contributed by atoms with van der Waals surface area (Å²) in [4.78, 5) is 31.0. The van der Waals surface area contributed by atoms with Crippen molar-refractivity contribution in [3.05, 3.63) is 48.2 Å². The van der Waals surface area contributed by atoms with Gasteiger partial charge < -0.3 is 10.2 Å². The van der Waals surface area contributed by atoms with Crippen molar-refractivity contribution in [3.8, 4) is 0 Å². The van der Waals surface area contributed by atoms with Gasteiger partial charge in [0.1, 0.15) is 5.82 Å². The van der Waals surface area contributed by atoms with Crippen LogP contribution in [0.3, 0.4) is 0 Å². The average Bonchev–Trinajstić information content (AvgIpc) is 3.12. The van der Waals surface area contributed by atoms with Crippen LogP contribution in [0, 0.1) is 12.8 Å². The second kappa shape index (κ2) is 8.93. The summed E-state index contributed by atoms with van der Waals surface area (Å²) in [5.41, 5.74) is 1.42. The first-order chi connectivity index (χ1) is 14.3. The Hall–Kier alpha value is -2.78. The van der Waals surface area contributed by atoms with E-state index in [9.17, 15) is 18.0 Å². The molecule has 1 aliphatic heterocycles. The van der Waals surface area contributed by atoms with E-state index in [1.165, 1.54) is 21.3 Å². The van der Waals surface area contributed by atoms with Gasteiger partial charge in [-0.25, -0.2) is 13.4 Å². The Kier molecular flexibility index (Phi) is 6.52. The lowest BCUT2D eigenvalue weighted by atomic mass is 10.1. The molecule has 30 heavy (non-hydrogen) atoms. The van der Waals surface area contributed by atoms with Gasteiger partial charge in [0, 0.05) is 37.9 Å². The van der Waals surface area contributed by atoms with Gasteiger partial charge >= 0.3 is 0 Å². The van der Waals surface area contributed by atoms with E-state index in [1.54, 1.807) is 38.2 Å². The Bertz CT molecular complexity index is 1030. The summed E-state index contributed by atoms with van der Waals surface area (Å²) < 4.78 is 26.6. The number of aromatic nitrogens is 1. The molecule has 1 fully saturated rings. The lowest BCUT2D eigenvalue weighted by Gasteiger charge is -2.20. The molecule has 2 heterocycles. The van der Waals surface area contributed by atoms with Gasteiger partial charge in [0.05, 0.1) is 10.8 Å². The Labute approximate surface area is 177 Å². The number of nitrogens with one attached hydrogen (secondary N) is 1. The van der Waals surface area contributed by atoms with Crippen LogP contribution in [0.25, 0.3) is 0 Å². The molecule has 0 bridgehead atoms. The van der Waals surface area contributed by atoms with Crippen molar-refractivity contribution >= 4 is 33.3 Å². The molecule has 9 heteroatoms. The highest BCUT2D eigenvalue weighted by atomic mass is 32.2. The minimum absolute atomic E-state index is 0.0945. The molecule has 0 aliphatic carbocycles. The second-order valence-electron chi connectivity index (χ2n) is 7.15. The van der Waals surface area contributed by atoms with Crippen molar-refractivity contribution in [2.45, 2.75) is 32.1 Å². The second-order valence-corrected chi connectivity index (χ2v) is 9.08. The molecule has 1 aromatic heterocycles. The quantitative estimate of drug-likeness (QED) is 0.727. The zero-order chi connectivity index (χ0) is 21.9. The van der Waals surface area contributed by atoms with Crippen molar-refractivity contribution in [2.75, 3.05) is 29.9 Å². The van der Waals surface area contributed by atoms with E-state index in [2.05, 4.69) is 10.3 Å². The van der Waals surface area contributed by atoms with Crippen LogP contribution in [0.4, 0.5) is 11.5 Å². The lowest BCUT2D eigenvalue weighted by molar-refractivity contribution is -0.122. The molecule has 3 rings (SSSR count). The van der Waals surface area contributed by atoms with Crippen LogP contribution in [-0.2, 0) is 19.6 Å². The first-order valence-electron chi connectivity index (χ1n) is 9.91. The minimum atomic E-state index is -3.56. The van der Waals surface area contributed by atoms with Crippen molar-refractivity contribution in [3.63, 3.8) is 0 Å². The normalized spacial score (nSPS) is 16.9. The molecule has 1 atom stereocenters. The number of hydrogen-bond acceptors (Lipinski definition) is 5. The summed E-state index contributed by atoms with van der Waals surface area (Å²) in [6, 6.07) is 9.86. The van der Waals surface area contributed by atoms with E-state index in [1.807, 2.05) is 13.0 Å². The highest BCUT2D eigenvalue weighted by molar-refractivity contribution is 7.89. The molecular formula is C21H26N4O4S. The summed E-state index contributed by atoms with van der Waals surface area (Å²) in [5.74, 6) is -0.446. The highest BCUT2D eigenvalue weighted by Gasteiger charge is 2.35. The summed E-state index contributed by atoms with van der Waals surface area (Å²) in [5, 5.41) is 2.79. The molecule has 2 amide bonds. The van der Waals surface area contributed by atoms with E-state index >= 15 is 0 Å². The van der Waals surface area contributed by atoms with Gasteiger partial charge in [-0.05, 0) is 42.8 Å². The summed E-state index contributed by atoms with van der Waals surface area (Å²) in [6.07, 6.45) is 1.69. The van der Waals surface area contributed by atoms with Gasteiger partial charge in [-0.3, -0.25) is 9.59 Å². The van der Waals surface area contributed by atoms with E-state index in [4.69, 9.17) is 0 Å². The average molecular weight is 431 g/mol. The zero-order valence-electron chi connectivity index (χ0n) is 17.3. The first-order valence-corrected chi connectivity index (χ1v) is 11.3. The number of nitrogens with zero attached hydrogens (tertiary/aromatic N) is 3. The zero-order valence-corrected chi connectivity index (χ0v) is 18.1. The molecule has 0 spiro atoms. The number of carbonyl (C=O) groups is 2. The number of aryl methyl sites for hydroxylation is 1. The highest BCUT2D eigenvalue weighted by Crippen LogP contribution is 2.28. The first kappa shape index (κ1) is 21.9. The molecule has 0 saturated carbocycles. The third-order valence-corrected chi connectivity index (χ3v) is 7.30. The van der Waals surface area contributed by atoms with E-state index in [0.29, 0.717) is 24.6 Å². The predicted molar refractivity (Wildman–Crippen MR) is 115 cm³/mol. The molecule has 0 radical (unpaired) electrons. The van der Waals surface area contributed by atoms with Gasteiger partial charge in [0.2, 0.25) is 21.8 Å². The predicted octanol–water partition coefficient (Wildman–Crippen LogP) is 2.41. The smallest absolute Gasteiger partial charge is 0.243 e. The molecule has 8 nitrogen and oxygen atoms in total. The number of anilines is 2. The third kappa shape index (κ3) is 4.36. The Morgan fingerprint density at radius 2 is 1.87 bits per heavy atom. The van der Waals surface area contributed by atoms with Crippen molar-refractivity contribution in [1.82, 2.24) is 9.29 Å². The molecule has 2 aromatic rings.